The zero-order valence-electron chi connectivity index (χ0n) is 8.70. The van der Waals surface area contributed by atoms with Crippen molar-refractivity contribution in [2.24, 2.45) is 0 Å². The molecule has 0 N–H and O–H groups in total. The van der Waals surface area contributed by atoms with Gasteiger partial charge in [0.2, 0.25) is 0 Å². The Morgan fingerprint density at radius 2 is 2.19 bits per heavy atom. The van der Waals surface area contributed by atoms with Crippen LogP contribution in [0, 0.1) is 18.3 Å². The third kappa shape index (κ3) is 2.16. The molecule has 4 heteroatoms. The van der Waals surface area contributed by atoms with Crippen LogP contribution in [0.1, 0.15) is 9.88 Å². The number of thiazole rings is 1. The van der Waals surface area contributed by atoms with Gasteiger partial charge in [0.05, 0.1) is 18.2 Å². The second-order valence-electron chi connectivity index (χ2n) is 3.33. The van der Waals surface area contributed by atoms with Gasteiger partial charge in [0.25, 0.3) is 0 Å². The van der Waals surface area contributed by atoms with Gasteiger partial charge in [-0.25, -0.2) is 4.98 Å². The van der Waals surface area contributed by atoms with E-state index >= 15 is 0 Å². The van der Waals surface area contributed by atoms with Gasteiger partial charge in [-0.05, 0) is 13.0 Å². The molecular formula is C12H9BrN2S. The van der Waals surface area contributed by atoms with Crippen LogP contribution in [0.3, 0.4) is 0 Å². The fraction of sp³-hybridized carbons (Fsp3) is 0.167. The summed E-state index contributed by atoms with van der Waals surface area (Å²) in [7, 11) is 0. The Morgan fingerprint density at radius 3 is 2.88 bits per heavy atom. The van der Waals surface area contributed by atoms with Gasteiger partial charge in [-0.15, -0.1) is 11.3 Å². The molecule has 0 fully saturated rings. The fourth-order valence-electron chi connectivity index (χ4n) is 1.50. The van der Waals surface area contributed by atoms with Crippen LogP contribution in [0.4, 0.5) is 0 Å². The van der Waals surface area contributed by atoms with Crippen molar-refractivity contribution in [3.05, 3.63) is 38.6 Å². The van der Waals surface area contributed by atoms with Crippen molar-refractivity contribution in [3.8, 4) is 17.3 Å². The van der Waals surface area contributed by atoms with Crippen LogP contribution in [0.15, 0.2) is 28.7 Å². The molecule has 0 aliphatic heterocycles. The fourth-order valence-corrected chi connectivity index (χ4v) is 2.85. The molecule has 0 saturated carbocycles. The maximum absolute atomic E-state index is 8.65. The molecule has 16 heavy (non-hydrogen) atoms. The smallest absolute Gasteiger partial charge is 0.108 e. The zero-order chi connectivity index (χ0) is 11.5. The molecule has 2 rings (SSSR count). The summed E-state index contributed by atoms with van der Waals surface area (Å²) in [6, 6.07) is 10.1. The quantitative estimate of drug-likeness (QED) is 0.840. The van der Waals surface area contributed by atoms with E-state index in [1.54, 1.807) is 11.3 Å². The zero-order valence-corrected chi connectivity index (χ0v) is 11.1. The van der Waals surface area contributed by atoms with Crippen LogP contribution < -0.4 is 0 Å². The van der Waals surface area contributed by atoms with Crippen LogP contribution in [0.25, 0.3) is 11.3 Å². The third-order valence-electron chi connectivity index (χ3n) is 2.20. The Kier molecular flexibility index (Phi) is 3.37. The average molecular weight is 293 g/mol. The molecular weight excluding hydrogens is 284 g/mol. The molecule has 2 nitrogen and oxygen atoms in total. The minimum Gasteiger partial charge on any atom is -0.240 e. The highest BCUT2D eigenvalue weighted by Gasteiger charge is 2.11. The van der Waals surface area contributed by atoms with Gasteiger partial charge >= 0.3 is 0 Å². The monoisotopic (exact) mass is 292 g/mol. The number of halogens is 1. The molecule has 0 spiro atoms. The van der Waals surface area contributed by atoms with Crippen molar-refractivity contribution in [3.63, 3.8) is 0 Å². The van der Waals surface area contributed by atoms with Crippen LogP contribution in [0.5, 0.6) is 0 Å². The van der Waals surface area contributed by atoms with Gasteiger partial charge in [0, 0.05) is 14.9 Å². The standard InChI is InChI=1S/C12H9BrN2S/c1-8-12(15-11(16-8)6-7-14)9-4-2-3-5-10(9)13/h2-5H,6H2,1H3. The van der Waals surface area contributed by atoms with Crippen LogP contribution in [0.2, 0.25) is 0 Å². The molecule has 0 bridgehead atoms. The number of aromatic nitrogens is 1. The van der Waals surface area contributed by atoms with E-state index in [1.807, 2.05) is 31.2 Å². The lowest BCUT2D eigenvalue weighted by Crippen LogP contribution is -1.84. The summed E-state index contributed by atoms with van der Waals surface area (Å²) in [4.78, 5) is 5.65. The molecule has 0 saturated heterocycles. The first kappa shape index (κ1) is 11.3. The number of hydrogen-bond donors (Lipinski definition) is 0. The molecule has 0 unspecified atom stereocenters. The largest absolute Gasteiger partial charge is 0.240 e. The molecule has 1 aromatic heterocycles. The summed E-state index contributed by atoms with van der Waals surface area (Å²) in [5, 5.41) is 9.53. The molecule has 0 aliphatic rings. The summed E-state index contributed by atoms with van der Waals surface area (Å²) in [5.74, 6) is 0. The molecule has 0 atom stereocenters. The van der Waals surface area contributed by atoms with E-state index in [-0.39, 0.29) is 0 Å². The summed E-state index contributed by atoms with van der Waals surface area (Å²) < 4.78 is 1.03. The maximum Gasteiger partial charge on any atom is 0.108 e. The highest BCUT2D eigenvalue weighted by atomic mass is 79.9. The average Bonchev–Trinajstić information content (AvgIpc) is 2.61. The number of rotatable bonds is 2. The lowest BCUT2D eigenvalue weighted by Gasteiger charge is -2.01. The molecule has 0 aliphatic carbocycles. The van der Waals surface area contributed by atoms with Gasteiger partial charge in [0.15, 0.2) is 0 Å². The Bertz CT molecular complexity index is 554. The topological polar surface area (TPSA) is 36.7 Å². The number of benzene rings is 1. The van der Waals surface area contributed by atoms with E-state index in [9.17, 15) is 0 Å². The minimum atomic E-state index is 0.385. The number of nitriles is 1. The van der Waals surface area contributed by atoms with Gasteiger partial charge < -0.3 is 0 Å². The van der Waals surface area contributed by atoms with Crippen molar-refractivity contribution in [1.82, 2.24) is 4.98 Å². The van der Waals surface area contributed by atoms with E-state index in [0.717, 1.165) is 25.6 Å². The van der Waals surface area contributed by atoms with E-state index in [0.29, 0.717) is 6.42 Å². The minimum absolute atomic E-state index is 0.385. The highest BCUT2D eigenvalue weighted by molar-refractivity contribution is 9.10. The van der Waals surface area contributed by atoms with Crippen molar-refractivity contribution in [2.45, 2.75) is 13.3 Å². The predicted octanol–water partition coefficient (Wildman–Crippen LogP) is 3.95. The van der Waals surface area contributed by atoms with Crippen molar-refractivity contribution in [1.29, 1.82) is 5.26 Å². The van der Waals surface area contributed by atoms with Crippen LogP contribution in [-0.4, -0.2) is 4.98 Å². The van der Waals surface area contributed by atoms with Crippen molar-refractivity contribution < 1.29 is 0 Å². The van der Waals surface area contributed by atoms with Gasteiger partial charge in [0.1, 0.15) is 5.01 Å². The normalized spacial score (nSPS) is 10.1. The van der Waals surface area contributed by atoms with Crippen molar-refractivity contribution >= 4 is 27.3 Å². The molecule has 1 heterocycles. The van der Waals surface area contributed by atoms with E-state index in [2.05, 4.69) is 27.0 Å². The third-order valence-corrected chi connectivity index (χ3v) is 3.86. The molecule has 0 amide bonds. The van der Waals surface area contributed by atoms with E-state index in [4.69, 9.17) is 5.26 Å². The van der Waals surface area contributed by atoms with Gasteiger partial charge in [-0.3, -0.25) is 0 Å². The lowest BCUT2D eigenvalue weighted by atomic mass is 10.1. The second-order valence-corrected chi connectivity index (χ2v) is 5.47. The summed E-state index contributed by atoms with van der Waals surface area (Å²) >= 11 is 5.10. The predicted molar refractivity (Wildman–Crippen MR) is 69.3 cm³/mol. The number of aryl methyl sites for hydroxylation is 1. The Balaban J connectivity index is 2.49. The van der Waals surface area contributed by atoms with Gasteiger partial charge in [-0.1, -0.05) is 34.1 Å². The summed E-state index contributed by atoms with van der Waals surface area (Å²) in [6.07, 6.45) is 0.385. The first-order valence-corrected chi connectivity index (χ1v) is 6.41. The maximum atomic E-state index is 8.65. The second kappa shape index (κ2) is 4.77. The first-order valence-electron chi connectivity index (χ1n) is 4.80. The lowest BCUT2D eigenvalue weighted by molar-refractivity contribution is 1.19. The first-order chi connectivity index (χ1) is 7.72. The van der Waals surface area contributed by atoms with E-state index < -0.39 is 0 Å². The molecule has 80 valence electrons. The Morgan fingerprint density at radius 1 is 1.44 bits per heavy atom. The van der Waals surface area contributed by atoms with Crippen LogP contribution in [-0.2, 0) is 6.42 Å². The number of hydrogen-bond acceptors (Lipinski definition) is 3. The molecule has 0 radical (unpaired) electrons. The highest BCUT2D eigenvalue weighted by Crippen LogP contribution is 2.32. The van der Waals surface area contributed by atoms with Gasteiger partial charge in [-0.2, -0.15) is 5.26 Å². The van der Waals surface area contributed by atoms with E-state index in [1.165, 1.54) is 0 Å². The molecule has 2 aromatic rings. The summed E-state index contributed by atoms with van der Waals surface area (Å²) in [6.45, 7) is 2.04. The Hall–Kier alpha value is -1.18. The number of nitrogens with zero attached hydrogens (tertiary/aromatic N) is 2. The molecule has 1 aromatic carbocycles. The van der Waals surface area contributed by atoms with Crippen LogP contribution >= 0.6 is 27.3 Å². The SMILES string of the molecule is Cc1sc(CC#N)nc1-c1ccccc1Br. The Labute approximate surface area is 107 Å². The van der Waals surface area contributed by atoms with Crippen molar-refractivity contribution in [2.75, 3.05) is 0 Å². The summed E-state index contributed by atoms with van der Waals surface area (Å²) in [5.41, 5.74) is 2.06.